The fraction of sp³-hybridized carbons (Fsp3) is 0.923. The second-order valence-corrected chi connectivity index (χ2v) is 5.65. The molecule has 1 N–H and O–H groups in total. The van der Waals surface area contributed by atoms with E-state index in [-0.39, 0.29) is 5.41 Å². The van der Waals surface area contributed by atoms with Gasteiger partial charge >= 0.3 is 0 Å². The molecule has 0 bridgehead atoms. The molecule has 0 amide bonds. The summed E-state index contributed by atoms with van der Waals surface area (Å²) in [5.74, 6) is 0. The number of hydrogen-bond acceptors (Lipinski definition) is 3. The molecule has 0 aromatic heterocycles. The van der Waals surface area contributed by atoms with Crippen LogP contribution in [0.5, 0.6) is 0 Å². The Hall–Kier alpha value is -0.590. The Morgan fingerprint density at radius 2 is 2.19 bits per heavy atom. The number of likely N-dealkylation sites (N-methyl/N-ethyl adjacent to an activating group) is 1. The second kappa shape index (κ2) is 6.22. The minimum atomic E-state index is -0.186. The van der Waals surface area contributed by atoms with Gasteiger partial charge in [0.2, 0.25) is 0 Å². The molecular weight excluding hydrogens is 198 g/mol. The van der Waals surface area contributed by atoms with Crippen molar-refractivity contribution in [2.45, 2.75) is 45.6 Å². The largest absolute Gasteiger partial charge is 0.313 e. The predicted octanol–water partition coefficient (Wildman–Crippen LogP) is 2.00. The lowest BCUT2D eigenvalue weighted by atomic mass is 9.91. The van der Waals surface area contributed by atoms with Crippen molar-refractivity contribution in [2.24, 2.45) is 5.41 Å². The van der Waals surface area contributed by atoms with E-state index < -0.39 is 0 Å². The smallest absolute Gasteiger partial charge is 0.0684 e. The van der Waals surface area contributed by atoms with Gasteiger partial charge in [-0.05, 0) is 53.2 Å². The van der Waals surface area contributed by atoms with E-state index in [2.05, 4.69) is 23.3 Å². The fourth-order valence-electron chi connectivity index (χ4n) is 2.07. The molecule has 0 aliphatic carbocycles. The van der Waals surface area contributed by atoms with Crippen molar-refractivity contribution in [3.05, 3.63) is 0 Å². The summed E-state index contributed by atoms with van der Waals surface area (Å²) in [6, 6.07) is 3.01. The fourth-order valence-corrected chi connectivity index (χ4v) is 2.07. The summed E-state index contributed by atoms with van der Waals surface area (Å²) < 4.78 is 0. The van der Waals surface area contributed by atoms with Gasteiger partial charge in [0.15, 0.2) is 0 Å². The highest BCUT2D eigenvalue weighted by atomic mass is 15.1. The maximum atomic E-state index is 8.95. The van der Waals surface area contributed by atoms with Crippen LogP contribution < -0.4 is 5.32 Å². The van der Waals surface area contributed by atoms with Crippen LogP contribution in [0.4, 0.5) is 0 Å². The lowest BCUT2D eigenvalue weighted by molar-refractivity contribution is 0.239. The molecule has 0 aromatic carbocycles. The number of nitrogens with one attached hydrogen (secondary N) is 1. The van der Waals surface area contributed by atoms with Crippen LogP contribution in [0, 0.1) is 16.7 Å². The predicted molar refractivity (Wildman–Crippen MR) is 67.1 cm³/mol. The minimum absolute atomic E-state index is 0.186. The van der Waals surface area contributed by atoms with Crippen LogP contribution in [0.2, 0.25) is 0 Å². The molecule has 1 aliphatic rings. The summed E-state index contributed by atoms with van der Waals surface area (Å²) in [5.41, 5.74) is -0.186. The van der Waals surface area contributed by atoms with Crippen LogP contribution >= 0.6 is 0 Å². The SMILES string of the molecule is CN(CCC(C)(C)C#N)CC1CCCCN1. The molecule has 3 heteroatoms. The Morgan fingerprint density at radius 3 is 2.75 bits per heavy atom. The van der Waals surface area contributed by atoms with Crippen molar-refractivity contribution in [2.75, 3.05) is 26.7 Å². The maximum Gasteiger partial charge on any atom is 0.0684 e. The van der Waals surface area contributed by atoms with Gasteiger partial charge in [0, 0.05) is 12.6 Å². The van der Waals surface area contributed by atoms with E-state index >= 15 is 0 Å². The van der Waals surface area contributed by atoms with E-state index in [1.54, 1.807) is 0 Å². The average molecular weight is 223 g/mol. The first-order valence-electron chi connectivity index (χ1n) is 6.37. The molecule has 0 radical (unpaired) electrons. The number of piperidine rings is 1. The monoisotopic (exact) mass is 223 g/mol. The maximum absolute atomic E-state index is 8.95. The Bertz CT molecular complexity index is 236. The summed E-state index contributed by atoms with van der Waals surface area (Å²) in [4.78, 5) is 2.35. The van der Waals surface area contributed by atoms with Gasteiger partial charge in [-0.3, -0.25) is 0 Å². The molecular formula is C13H25N3. The number of rotatable bonds is 5. The van der Waals surface area contributed by atoms with Gasteiger partial charge in [-0.2, -0.15) is 5.26 Å². The van der Waals surface area contributed by atoms with E-state index in [0.717, 1.165) is 19.5 Å². The molecule has 0 saturated carbocycles. The summed E-state index contributed by atoms with van der Waals surface area (Å²) in [6.07, 6.45) is 4.93. The first-order chi connectivity index (χ1) is 7.53. The topological polar surface area (TPSA) is 39.1 Å². The molecule has 1 aliphatic heterocycles. The van der Waals surface area contributed by atoms with Crippen molar-refractivity contribution in [1.82, 2.24) is 10.2 Å². The van der Waals surface area contributed by atoms with E-state index in [9.17, 15) is 0 Å². The van der Waals surface area contributed by atoms with Gasteiger partial charge in [0.05, 0.1) is 11.5 Å². The summed E-state index contributed by atoms with van der Waals surface area (Å²) >= 11 is 0. The molecule has 0 aromatic rings. The van der Waals surface area contributed by atoms with Crippen molar-refractivity contribution >= 4 is 0 Å². The van der Waals surface area contributed by atoms with Crippen LogP contribution in [0.1, 0.15) is 39.5 Å². The van der Waals surface area contributed by atoms with Crippen LogP contribution in [0.3, 0.4) is 0 Å². The van der Waals surface area contributed by atoms with E-state index in [1.807, 2.05) is 13.8 Å². The quantitative estimate of drug-likeness (QED) is 0.775. The summed E-state index contributed by atoms with van der Waals surface area (Å²) in [5, 5.41) is 12.5. The third-order valence-electron chi connectivity index (χ3n) is 3.37. The molecule has 1 saturated heterocycles. The van der Waals surface area contributed by atoms with Gasteiger partial charge in [0.25, 0.3) is 0 Å². The molecule has 1 atom stereocenters. The Morgan fingerprint density at radius 1 is 1.44 bits per heavy atom. The summed E-state index contributed by atoms with van der Waals surface area (Å²) in [7, 11) is 2.16. The first kappa shape index (κ1) is 13.5. The number of hydrogen-bond donors (Lipinski definition) is 1. The Balaban J connectivity index is 2.20. The number of nitrogens with zero attached hydrogens (tertiary/aromatic N) is 2. The summed E-state index contributed by atoms with van der Waals surface area (Å²) in [6.45, 7) is 7.32. The lowest BCUT2D eigenvalue weighted by Crippen LogP contribution is -2.43. The number of nitriles is 1. The highest BCUT2D eigenvalue weighted by molar-refractivity contribution is 4.92. The van der Waals surface area contributed by atoms with E-state index in [0.29, 0.717) is 6.04 Å². The van der Waals surface area contributed by atoms with Gasteiger partial charge < -0.3 is 10.2 Å². The molecule has 0 spiro atoms. The van der Waals surface area contributed by atoms with Crippen molar-refractivity contribution in [3.8, 4) is 6.07 Å². The van der Waals surface area contributed by atoms with Crippen LogP contribution in [0.25, 0.3) is 0 Å². The third kappa shape index (κ3) is 4.96. The Labute approximate surface area is 99.8 Å². The van der Waals surface area contributed by atoms with Crippen LogP contribution in [-0.4, -0.2) is 37.6 Å². The molecule has 1 unspecified atom stereocenters. The van der Waals surface area contributed by atoms with Crippen molar-refractivity contribution in [1.29, 1.82) is 5.26 Å². The van der Waals surface area contributed by atoms with Crippen molar-refractivity contribution in [3.63, 3.8) is 0 Å². The van der Waals surface area contributed by atoms with Gasteiger partial charge in [0.1, 0.15) is 0 Å². The lowest BCUT2D eigenvalue weighted by Gasteiger charge is -2.29. The highest BCUT2D eigenvalue weighted by Crippen LogP contribution is 2.18. The second-order valence-electron chi connectivity index (χ2n) is 5.65. The first-order valence-corrected chi connectivity index (χ1v) is 6.37. The van der Waals surface area contributed by atoms with E-state index in [1.165, 1.54) is 25.8 Å². The molecule has 16 heavy (non-hydrogen) atoms. The Kier molecular flexibility index (Phi) is 5.24. The van der Waals surface area contributed by atoms with E-state index in [4.69, 9.17) is 5.26 Å². The van der Waals surface area contributed by atoms with Crippen LogP contribution in [-0.2, 0) is 0 Å². The van der Waals surface area contributed by atoms with Gasteiger partial charge in [-0.25, -0.2) is 0 Å². The molecule has 3 nitrogen and oxygen atoms in total. The van der Waals surface area contributed by atoms with Gasteiger partial charge in [-0.1, -0.05) is 6.42 Å². The van der Waals surface area contributed by atoms with Crippen LogP contribution in [0.15, 0.2) is 0 Å². The molecule has 1 rings (SSSR count). The highest BCUT2D eigenvalue weighted by Gasteiger charge is 2.19. The zero-order valence-corrected chi connectivity index (χ0v) is 10.9. The standard InChI is InChI=1S/C13H25N3/c1-13(2,11-14)7-9-16(3)10-12-6-4-5-8-15-12/h12,15H,4-10H2,1-3H3. The minimum Gasteiger partial charge on any atom is -0.313 e. The van der Waals surface area contributed by atoms with Gasteiger partial charge in [-0.15, -0.1) is 0 Å². The average Bonchev–Trinajstić information content (AvgIpc) is 2.28. The zero-order chi connectivity index (χ0) is 12.0. The van der Waals surface area contributed by atoms with Crippen molar-refractivity contribution < 1.29 is 0 Å². The zero-order valence-electron chi connectivity index (χ0n) is 10.9. The molecule has 1 fully saturated rings. The normalized spacial score (nSPS) is 22.1. The molecule has 92 valence electrons. The molecule has 1 heterocycles. The third-order valence-corrected chi connectivity index (χ3v) is 3.37.